The van der Waals surface area contributed by atoms with Gasteiger partial charge in [0, 0.05) is 48.1 Å². The number of carbonyl (C=O) groups excluding carboxylic acids is 1. The molecule has 0 bridgehead atoms. The number of hydrogen-bond acceptors (Lipinski definition) is 3. The lowest BCUT2D eigenvalue weighted by atomic mass is 10.2. The number of halogens is 1. The summed E-state index contributed by atoms with van der Waals surface area (Å²) in [7, 11) is 1.69. The van der Waals surface area contributed by atoms with Crippen LogP contribution in [0.4, 0.5) is 11.4 Å². The summed E-state index contributed by atoms with van der Waals surface area (Å²) in [5.74, 6) is 2.97. The molecular formula is C22H24ClN5O. The Labute approximate surface area is 176 Å². The van der Waals surface area contributed by atoms with Crippen molar-refractivity contribution >= 4 is 34.8 Å². The van der Waals surface area contributed by atoms with Crippen molar-refractivity contribution in [2.75, 3.05) is 36.9 Å². The van der Waals surface area contributed by atoms with Crippen molar-refractivity contribution in [2.45, 2.75) is 12.5 Å². The number of rotatable bonds is 5. The maximum Gasteiger partial charge on any atom is 0.243 e. The van der Waals surface area contributed by atoms with Gasteiger partial charge in [0.05, 0.1) is 6.54 Å². The number of aliphatic imine (C=N–C) groups is 1. The molecule has 0 aliphatic carbocycles. The van der Waals surface area contributed by atoms with Crippen LogP contribution in [0.5, 0.6) is 0 Å². The van der Waals surface area contributed by atoms with Crippen molar-refractivity contribution in [3.05, 3.63) is 59.1 Å². The van der Waals surface area contributed by atoms with Crippen molar-refractivity contribution in [1.29, 1.82) is 0 Å². The van der Waals surface area contributed by atoms with Crippen molar-refractivity contribution in [3.8, 4) is 12.3 Å². The van der Waals surface area contributed by atoms with E-state index in [1.807, 2.05) is 30.3 Å². The fraction of sp³-hybridized carbons (Fsp3) is 0.273. The standard InChI is InChI=1S/C22H24ClN5O/c1-3-16-6-4-8-18(12-16)26-21(29)14-25-22(24-2)27-19-10-11-28(15-19)20-9-5-7-17(23)13-20/h1,4-9,12-13,19H,10-11,14-15H2,2H3,(H,26,29)(H2,24,25,27). The van der Waals surface area contributed by atoms with Crippen LogP contribution in [-0.2, 0) is 4.79 Å². The largest absolute Gasteiger partial charge is 0.369 e. The summed E-state index contributed by atoms with van der Waals surface area (Å²) in [6, 6.07) is 15.3. The first-order chi connectivity index (χ1) is 14.1. The molecule has 0 saturated carbocycles. The Kier molecular flexibility index (Phi) is 6.99. The van der Waals surface area contributed by atoms with E-state index in [1.54, 1.807) is 19.2 Å². The minimum Gasteiger partial charge on any atom is -0.369 e. The van der Waals surface area contributed by atoms with E-state index >= 15 is 0 Å². The molecule has 29 heavy (non-hydrogen) atoms. The van der Waals surface area contributed by atoms with Crippen LogP contribution < -0.4 is 20.9 Å². The van der Waals surface area contributed by atoms with Gasteiger partial charge in [0.25, 0.3) is 0 Å². The molecule has 3 rings (SSSR count). The topological polar surface area (TPSA) is 68.8 Å². The molecule has 1 fully saturated rings. The lowest BCUT2D eigenvalue weighted by Gasteiger charge is -2.20. The zero-order valence-electron chi connectivity index (χ0n) is 16.3. The fourth-order valence-electron chi connectivity index (χ4n) is 3.23. The summed E-state index contributed by atoms with van der Waals surface area (Å²) in [6.07, 6.45) is 6.36. The summed E-state index contributed by atoms with van der Waals surface area (Å²) in [4.78, 5) is 18.7. The summed E-state index contributed by atoms with van der Waals surface area (Å²) < 4.78 is 0. The number of nitrogens with one attached hydrogen (secondary N) is 3. The molecule has 2 aromatic rings. The zero-order chi connectivity index (χ0) is 20.6. The molecule has 1 heterocycles. The van der Waals surface area contributed by atoms with Crippen molar-refractivity contribution < 1.29 is 4.79 Å². The number of guanidine groups is 1. The maximum absolute atomic E-state index is 12.2. The molecule has 2 aromatic carbocycles. The number of benzene rings is 2. The first-order valence-corrected chi connectivity index (χ1v) is 9.79. The molecule has 150 valence electrons. The monoisotopic (exact) mass is 409 g/mol. The molecule has 7 heteroatoms. The van der Waals surface area contributed by atoms with Gasteiger partial charge in [-0.1, -0.05) is 29.7 Å². The lowest BCUT2D eigenvalue weighted by molar-refractivity contribution is -0.115. The van der Waals surface area contributed by atoms with E-state index in [0.29, 0.717) is 11.6 Å². The Morgan fingerprint density at radius 2 is 2.14 bits per heavy atom. The number of hydrogen-bond donors (Lipinski definition) is 3. The van der Waals surface area contributed by atoms with Gasteiger partial charge < -0.3 is 20.9 Å². The van der Waals surface area contributed by atoms with Gasteiger partial charge >= 0.3 is 0 Å². The second-order valence-electron chi connectivity index (χ2n) is 6.75. The number of nitrogens with zero attached hydrogens (tertiary/aromatic N) is 2. The van der Waals surface area contributed by atoms with Crippen LogP contribution in [0.15, 0.2) is 53.5 Å². The average molecular weight is 410 g/mol. The van der Waals surface area contributed by atoms with Gasteiger partial charge in [-0.15, -0.1) is 6.42 Å². The Bertz CT molecular complexity index is 937. The third kappa shape index (κ3) is 5.90. The summed E-state index contributed by atoms with van der Waals surface area (Å²) in [5.41, 5.74) is 2.50. The highest BCUT2D eigenvalue weighted by atomic mass is 35.5. The lowest BCUT2D eigenvalue weighted by Crippen LogP contribution is -2.46. The van der Waals surface area contributed by atoms with E-state index in [0.717, 1.165) is 35.8 Å². The molecule has 3 N–H and O–H groups in total. The second-order valence-corrected chi connectivity index (χ2v) is 7.19. The van der Waals surface area contributed by atoms with Crippen LogP contribution in [0.25, 0.3) is 0 Å². The molecule has 1 aliphatic heterocycles. The van der Waals surface area contributed by atoms with E-state index < -0.39 is 0 Å². The zero-order valence-corrected chi connectivity index (χ0v) is 17.0. The summed E-state index contributed by atoms with van der Waals surface area (Å²) >= 11 is 6.09. The number of carbonyl (C=O) groups is 1. The predicted molar refractivity (Wildman–Crippen MR) is 120 cm³/mol. The van der Waals surface area contributed by atoms with Gasteiger partial charge in [-0.25, -0.2) is 0 Å². The molecule has 1 saturated heterocycles. The molecule has 1 amide bonds. The highest BCUT2D eigenvalue weighted by molar-refractivity contribution is 6.30. The minimum absolute atomic E-state index is 0.102. The van der Waals surface area contributed by atoms with E-state index in [4.69, 9.17) is 18.0 Å². The third-order valence-corrected chi connectivity index (χ3v) is 4.89. The van der Waals surface area contributed by atoms with Crippen molar-refractivity contribution in [1.82, 2.24) is 10.6 Å². The highest BCUT2D eigenvalue weighted by Gasteiger charge is 2.23. The van der Waals surface area contributed by atoms with Gasteiger partial charge in [-0.2, -0.15) is 0 Å². The van der Waals surface area contributed by atoms with Crippen LogP contribution in [-0.4, -0.2) is 44.6 Å². The summed E-state index contributed by atoms with van der Waals surface area (Å²) in [5, 5.41) is 9.99. The summed E-state index contributed by atoms with van der Waals surface area (Å²) in [6.45, 7) is 1.87. The van der Waals surface area contributed by atoms with Gasteiger partial charge in [0.15, 0.2) is 5.96 Å². The quantitative estimate of drug-likeness (QED) is 0.403. The van der Waals surface area contributed by atoms with Crippen LogP contribution in [0.3, 0.4) is 0 Å². The fourth-order valence-corrected chi connectivity index (χ4v) is 3.41. The normalized spacial score (nSPS) is 16.2. The van der Waals surface area contributed by atoms with E-state index in [-0.39, 0.29) is 18.5 Å². The number of amides is 1. The van der Waals surface area contributed by atoms with Gasteiger partial charge in [0.1, 0.15) is 0 Å². The Balaban J connectivity index is 1.47. The number of terminal acetylenes is 1. The average Bonchev–Trinajstić information content (AvgIpc) is 3.20. The molecule has 6 nitrogen and oxygen atoms in total. The van der Waals surface area contributed by atoms with Crippen molar-refractivity contribution in [2.24, 2.45) is 4.99 Å². The van der Waals surface area contributed by atoms with Crippen LogP contribution in [0, 0.1) is 12.3 Å². The minimum atomic E-state index is -0.172. The van der Waals surface area contributed by atoms with E-state index in [2.05, 4.69) is 37.8 Å². The molecule has 0 radical (unpaired) electrons. The first-order valence-electron chi connectivity index (χ1n) is 9.41. The Hall–Kier alpha value is -3.17. The third-order valence-electron chi connectivity index (χ3n) is 4.66. The van der Waals surface area contributed by atoms with Gasteiger partial charge in [-0.05, 0) is 42.8 Å². The smallest absolute Gasteiger partial charge is 0.243 e. The SMILES string of the molecule is C#Cc1cccc(NC(=O)CNC(=NC)NC2CCN(c3cccc(Cl)c3)C2)c1. The molecule has 0 spiro atoms. The first kappa shape index (κ1) is 20.6. The van der Waals surface area contributed by atoms with E-state index in [1.165, 1.54) is 0 Å². The van der Waals surface area contributed by atoms with Crippen molar-refractivity contribution in [3.63, 3.8) is 0 Å². The number of anilines is 2. The molecule has 1 aliphatic rings. The maximum atomic E-state index is 12.2. The predicted octanol–water partition coefficient (Wildman–Crippen LogP) is 2.70. The van der Waals surface area contributed by atoms with E-state index in [9.17, 15) is 4.79 Å². The Morgan fingerprint density at radius 1 is 1.31 bits per heavy atom. The van der Waals surface area contributed by atoms with Gasteiger partial charge in [-0.3, -0.25) is 9.79 Å². The van der Waals surface area contributed by atoms with Crippen LogP contribution in [0.2, 0.25) is 5.02 Å². The second kappa shape index (κ2) is 9.85. The van der Waals surface area contributed by atoms with Gasteiger partial charge in [0.2, 0.25) is 5.91 Å². The molecule has 0 aromatic heterocycles. The van der Waals surface area contributed by atoms with Crippen LogP contribution in [0.1, 0.15) is 12.0 Å². The van der Waals surface area contributed by atoms with Crippen LogP contribution >= 0.6 is 11.6 Å². The molecular weight excluding hydrogens is 386 g/mol. The Morgan fingerprint density at radius 3 is 2.90 bits per heavy atom. The highest BCUT2D eigenvalue weighted by Crippen LogP contribution is 2.23. The molecule has 1 unspecified atom stereocenters. The molecule has 1 atom stereocenters.